The Morgan fingerprint density at radius 2 is 1.26 bits per heavy atom. The van der Waals surface area contributed by atoms with Crippen molar-refractivity contribution in [2.75, 3.05) is 31.3 Å². The molecular formula is C46H52N20O10. The summed E-state index contributed by atoms with van der Waals surface area (Å²) < 4.78 is 53.5. The molecule has 8 atom stereocenters. The minimum absolute atomic E-state index is 0.198. The third-order valence-electron chi connectivity index (χ3n) is 11.8. The van der Waals surface area contributed by atoms with Gasteiger partial charge in [-0.2, -0.15) is 0 Å². The van der Waals surface area contributed by atoms with Crippen LogP contribution in [0.2, 0.25) is 0 Å². The topological polar surface area (TPSA) is 384 Å². The number of pyridine rings is 2. The molecule has 7 aromatic heterocycles. The monoisotopic (exact) mass is 1040 g/mol. The summed E-state index contributed by atoms with van der Waals surface area (Å²) in [6.45, 7) is 9.08. The van der Waals surface area contributed by atoms with E-state index in [0.717, 1.165) is 5.69 Å². The molecule has 76 heavy (non-hydrogen) atoms. The van der Waals surface area contributed by atoms with Crippen LogP contribution in [-0.2, 0) is 57.6 Å². The molecule has 0 amide bonds. The van der Waals surface area contributed by atoms with Crippen LogP contribution in [-0.4, -0.2) is 155 Å². The van der Waals surface area contributed by atoms with Gasteiger partial charge in [-0.1, -0.05) is 38.7 Å². The molecule has 396 valence electrons. The molecule has 0 aliphatic carbocycles. The predicted molar refractivity (Wildman–Crippen MR) is 263 cm³/mol. The number of fused-ring (bicyclic) bond motifs is 4. The van der Waals surface area contributed by atoms with Crippen molar-refractivity contribution >= 4 is 46.4 Å². The number of terminal acetylenes is 1. The summed E-state index contributed by atoms with van der Waals surface area (Å²) >= 11 is 0. The number of ether oxygens (including phenoxy) is 8. The van der Waals surface area contributed by atoms with Crippen LogP contribution in [0.4, 0.5) is 11.6 Å². The van der Waals surface area contributed by atoms with E-state index in [1.54, 1.807) is 56.9 Å². The van der Waals surface area contributed by atoms with Crippen molar-refractivity contribution in [2.45, 2.75) is 108 Å². The van der Waals surface area contributed by atoms with Crippen molar-refractivity contribution in [3.05, 3.63) is 107 Å². The predicted octanol–water partition coefficient (Wildman–Crippen LogP) is 3.06. The Hall–Kier alpha value is -8.37. The number of rotatable bonds is 15. The molecule has 0 saturated carbocycles. The third kappa shape index (κ3) is 11.9. The highest BCUT2D eigenvalue weighted by atomic mass is 16.8. The maximum atomic E-state index is 8.71. The zero-order valence-electron chi connectivity index (χ0n) is 41.3. The molecule has 4 aliphatic rings. The summed E-state index contributed by atoms with van der Waals surface area (Å²) in [5, 5.41) is 34.5. The summed E-state index contributed by atoms with van der Waals surface area (Å²) in [7, 11) is 0. The highest BCUT2D eigenvalue weighted by Crippen LogP contribution is 2.45. The molecule has 0 spiro atoms. The minimum atomic E-state index is -0.781. The first-order valence-electron chi connectivity index (χ1n) is 23.4. The summed E-state index contributed by atoms with van der Waals surface area (Å²) in [5.74, 6) is 1.55. The van der Waals surface area contributed by atoms with Crippen LogP contribution < -0.4 is 11.5 Å². The lowest BCUT2D eigenvalue weighted by molar-refractivity contribution is -0.202. The first kappa shape index (κ1) is 52.5. The average molecular weight is 1050 g/mol. The van der Waals surface area contributed by atoms with Crippen molar-refractivity contribution in [3.63, 3.8) is 0 Å². The van der Waals surface area contributed by atoms with Crippen LogP contribution in [0.1, 0.15) is 68.6 Å². The number of aromatic nitrogens is 13. The fourth-order valence-corrected chi connectivity index (χ4v) is 8.85. The Kier molecular flexibility index (Phi) is 15.9. The average Bonchev–Trinajstić information content (AvgIpc) is 4.35. The van der Waals surface area contributed by atoms with Crippen LogP contribution in [0.5, 0.6) is 0 Å². The number of imidazole rings is 2. The van der Waals surface area contributed by atoms with Gasteiger partial charge in [0.25, 0.3) is 0 Å². The van der Waals surface area contributed by atoms with Gasteiger partial charge < -0.3 is 59.8 Å². The fraction of sp³-hybridized carbons (Fsp3) is 0.435. The van der Waals surface area contributed by atoms with Gasteiger partial charge in [0, 0.05) is 10.6 Å². The van der Waals surface area contributed by atoms with Crippen LogP contribution in [0.25, 0.3) is 32.8 Å². The van der Waals surface area contributed by atoms with E-state index >= 15 is 0 Å². The molecule has 30 nitrogen and oxygen atoms in total. The number of hydrogen-bond donors (Lipinski definition) is 4. The van der Waals surface area contributed by atoms with Crippen molar-refractivity contribution < 1.29 is 48.3 Å². The molecule has 6 N–H and O–H groups in total. The first-order valence-corrected chi connectivity index (χ1v) is 23.4. The second kappa shape index (κ2) is 23.0. The number of oxime groups is 2. The van der Waals surface area contributed by atoms with Gasteiger partial charge in [0.15, 0.2) is 47.0 Å². The van der Waals surface area contributed by atoms with Gasteiger partial charge in [-0.3, -0.25) is 14.1 Å². The lowest BCUT2D eigenvalue weighted by Gasteiger charge is -2.24. The number of nitrogens with zero attached hydrogens (tertiary/aromatic N) is 18. The van der Waals surface area contributed by atoms with Crippen LogP contribution in [0, 0.1) is 12.3 Å². The fourth-order valence-electron chi connectivity index (χ4n) is 8.85. The van der Waals surface area contributed by atoms with E-state index in [0.29, 0.717) is 69.9 Å². The molecule has 0 bridgehead atoms. The molecule has 0 radical (unpaired) electrons. The van der Waals surface area contributed by atoms with Gasteiger partial charge in [0.2, 0.25) is 0 Å². The second-order valence-corrected chi connectivity index (χ2v) is 18.1. The van der Waals surface area contributed by atoms with Crippen molar-refractivity contribution in [1.29, 1.82) is 0 Å². The van der Waals surface area contributed by atoms with Crippen LogP contribution >= 0.6 is 0 Å². The smallest absolute Gasteiger partial charge is 0.167 e. The van der Waals surface area contributed by atoms with Gasteiger partial charge in [-0.15, -0.1) is 11.5 Å². The summed E-state index contributed by atoms with van der Waals surface area (Å²) in [6, 6.07) is 10.6. The van der Waals surface area contributed by atoms with Crippen LogP contribution in [0.15, 0.2) is 83.3 Å². The second-order valence-electron chi connectivity index (χ2n) is 18.1. The highest BCUT2D eigenvalue weighted by molar-refractivity contribution is 5.82. The van der Waals surface area contributed by atoms with Crippen molar-refractivity contribution in [3.8, 4) is 12.3 Å². The molecule has 4 aliphatic heterocycles. The van der Waals surface area contributed by atoms with Gasteiger partial charge >= 0.3 is 0 Å². The largest absolute Gasteiger partial charge is 0.411 e. The number of nitrogens with two attached hydrogens (primary N) is 2. The zero-order valence-corrected chi connectivity index (χ0v) is 41.3. The molecule has 30 heteroatoms. The van der Waals surface area contributed by atoms with Crippen molar-refractivity contribution in [2.24, 2.45) is 15.4 Å². The molecular weight excluding hydrogens is 993 g/mol. The third-order valence-corrected chi connectivity index (χ3v) is 11.8. The van der Waals surface area contributed by atoms with Gasteiger partial charge in [0.05, 0.1) is 81.3 Å². The Morgan fingerprint density at radius 1 is 0.737 bits per heavy atom. The molecule has 4 saturated heterocycles. The Morgan fingerprint density at radius 3 is 1.80 bits per heavy atom. The minimum Gasteiger partial charge on any atom is -0.411 e. The highest BCUT2D eigenvalue weighted by Gasteiger charge is 2.57. The standard InChI is InChI=1S/C23H26N10O5.C16H19N5O4.C7H7N5O/c1-23(2)37-18-16(36-22(19(18)38-23)33-12-27-17-20(24)25-11-26-21(17)33)10-35-9-15-8-32(31-30-15)7-14-5-3-4-13(29-14)6-28-34;1-4-5-22-6-9-11-12(25-16(2,3)24-11)15(23-9)21-8-20-10-13(17)18-7-19-14(10)21;8-12-9-4-6-2-1-3-7(11-6)5-10-13/h3-6,8,11-12,16,18-19,22,34H,7,9-10H2,1-2H3,(H2,24,25,26);1,7-9,11-12,15H,5-6H2,2-3H3,(H2,17,18,19);1-3,5,13H,4H2/b28-6-;;10-5-/t16-,18-,19-,22-;9-,11-,12-,15-;/m11./s1. The van der Waals surface area contributed by atoms with E-state index < -0.39 is 36.2 Å². The number of nitrogen functional groups attached to an aromatic ring is 2. The molecule has 7 aromatic rings. The molecule has 0 aromatic carbocycles. The maximum Gasteiger partial charge on any atom is 0.167 e. The van der Waals surface area contributed by atoms with E-state index in [9.17, 15) is 0 Å². The van der Waals surface area contributed by atoms with E-state index in [1.165, 1.54) is 25.1 Å². The van der Waals surface area contributed by atoms with Gasteiger partial charge in [0.1, 0.15) is 72.6 Å². The lowest BCUT2D eigenvalue weighted by atomic mass is 10.1. The normalized spacial score (nSPS) is 23.9. The zero-order chi connectivity index (χ0) is 53.4. The SMILES string of the molecule is C#CCOC[C@H]1O[C@@H](n2cnc3c(N)ncnc32)[C@@H]2OC(C)(C)O[C@@H]21.CC1(C)O[C@@H]2[C@H](O1)[C@@H](COCc1cn(Cc3cccc(/C=N\O)n3)nn1)O[C@H]2n1cnc2c(N)ncnc21.[N-]=[N+]=NCc1cccc(/C=N\O)n1. The van der Waals surface area contributed by atoms with Crippen molar-refractivity contribution in [1.82, 2.24) is 64.0 Å². The van der Waals surface area contributed by atoms with E-state index in [4.69, 9.17) is 71.7 Å². The summed E-state index contributed by atoms with van der Waals surface area (Å²) in [5.41, 5.74) is 25.1. The molecule has 0 unspecified atom stereocenters. The maximum absolute atomic E-state index is 8.71. The Labute approximate surface area is 431 Å². The molecule has 11 heterocycles. The quantitative estimate of drug-likeness (QED) is 0.0167. The lowest BCUT2D eigenvalue weighted by Crippen LogP contribution is -2.33. The Balaban J connectivity index is 0.000000159. The van der Waals surface area contributed by atoms with Gasteiger partial charge in [-0.05, 0) is 57.5 Å². The molecule has 4 fully saturated rings. The molecule has 11 rings (SSSR count). The van der Waals surface area contributed by atoms with Crippen LogP contribution in [0.3, 0.4) is 0 Å². The number of azide groups is 1. The van der Waals surface area contributed by atoms with E-state index in [-0.39, 0.29) is 50.8 Å². The summed E-state index contributed by atoms with van der Waals surface area (Å²) in [6.07, 6.45) is 12.4. The first-order chi connectivity index (χ1) is 36.8. The van der Waals surface area contributed by atoms with Gasteiger partial charge in [-0.25, -0.2) is 39.6 Å². The van der Waals surface area contributed by atoms with E-state index in [2.05, 4.69) is 76.4 Å². The number of anilines is 2. The summed E-state index contributed by atoms with van der Waals surface area (Å²) in [4.78, 5) is 36.2. The van der Waals surface area contributed by atoms with E-state index in [1.807, 2.05) is 39.8 Å². The number of hydrogen-bond acceptors (Lipinski definition) is 25. The Bertz CT molecular complexity index is 3280.